The van der Waals surface area contributed by atoms with Crippen LogP contribution in [0.25, 0.3) is 10.9 Å². The molecule has 1 saturated carbocycles. The van der Waals surface area contributed by atoms with E-state index in [9.17, 15) is 14.7 Å². The van der Waals surface area contributed by atoms with Crippen molar-refractivity contribution in [2.24, 2.45) is 5.92 Å². The van der Waals surface area contributed by atoms with E-state index in [4.69, 9.17) is 9.47 Å². The molecule has 2 fully saturated rings. The Morgan fingerprint density at radius 2 is 2.06 bits per heavy atom. The van der Waals surface area contributed by atoms with Gasteiger partial charge < -0.3 is 24.5 Å². The smallest absolute Gasteiger partial charge is 0.352 e. The topological polar surface area (TPSA) is 108 Å². The summed E-state index contributed by atoms with van der Waals surface area (Å²) in [5, 5.41) is 10.4. The number of piperidine rings is 1. The van der Waals surface area contributed by atoms with E-state index in [1.807, 2.05) is 12.3 Å². The van der Waals surface area contributed by atoms with Crippen LogP contribution in [0.5, 0.6) is 5.75 Å². The highest BCUT2D eigenvalue weighted by Gasteiger charge is 2.34. The van der Waals surface area contributed by atoms with Gasteiger partial charge in [0.1, 0.15) is 11.4 Å². The minimum Gasteiger partial charge on any atom is -0.496 e. The van der Waals surface area contributed by atoms with E-state index in [-0.39, 0.29) is 23.4 Å². The lowest BCUT2D eigenvalue weighted by Gasteiger charge is -2.39. The Hall–Kier alpha value is -3.10. The zero-order valence-corrected chi connectivity index (χ0v) is 19.6. The molecule has 180 valence electrons. The quantitative estimate of drug-likeness (QED) is 0.464. The third-order valence-electron chi connectivity index (χ3n) is 7.15. The highest BCUT2D eigenvalue weighted by atomic mass is 16.5. The first kappa shape index (κ1) is 22.7. The summed E-state index contributed by atoms with van der Waals surface area (Å²) in [7, 11) is 1.68. The van der Waals surface area contributed by atoms with E-state index in [0.29, 0.717) is 24.4 Å². The van der Waals surface area contributed by atoms with Crippen molar-refractivity contribution in [3.05, 3.63) is 63.2 Å². The average molecular weight is 466 g/mol. The predicted octanol–water partition coefficient (Wildman–Crippen LogP) is 4.00. The molecule has 0 unspecified atom stereocenters. The highest BCUT2D eigenvalue weighted by molar-refractivity contribution is 5.88. The van der Waals surface area contributed by atoms with Crippen molar-refractivity contribution >= 4 is 16.9 Å². The fourth-order valence-corrected chi connectivity index (χ4v) is 5.06. The highest BCUT2D eigenvalue weighted by Crippen LogP contribution is 2.38. The Kier molecular flexibility index (Phi) is 6.18. The van der Waals surface area contributed by atoms with E-state index in [2.05, 4.69) is 27.9 Å². The van der Waals surface area contributed by atoms with Crippen molar-refractivity contribution in [2.45, 2.75) is 51.3 Å². The summed E-state index contributed by atoms with van der Waals surface area (Å²) in [5.41, 5.74) is 3.38. The van der Waals surface area contributed by atoms with Gasteiger partial charge in [0.25, 0.3) is 5.56 Å². The number of carboxylic acid groups (broad SMARTS) is 1. The number of nitrogens with one attached hydrogen (secondary N) is 2. The number of aromatic nitrogens is 2. The van der Waals surface area contributed by atoms with Gasteiger partial charge in [-0.25, -0.2) is 4.79 Å². The number of fused-ring (bicyclic) bond motifs is 1. The molecule has 0 amide bonds. The van der Waals surface area contributed by atoms with Crippen LogP contribution < -0.4 is 10.3 Å². The molecule has 3 N–H and O–H groups in total. The summed E-state index contributed by atoms with van der Waals surface area (Å²) in [6.45, 7) is 4.21. The van der Waals surface area contributed by atoms with Gasteiger partial charge in [0.15, 0.2) is 0 Å². The van der Waals surface area contributed by atoms with E-state index in [0.717, 1.165) is 47.4 Å². The van der Waals surface area contributed by atoms with Crippen LogP contribution in [0.1, 0.15) is 58.9 Å². The van der Waals surface area contributed by atoms with Gasteiger partial charge in [0, 0.05) is 54.0 Å². The molecule has 5 rings (SSSR count). The maximum absolute atomic E-state index is 12.9. The van der Waals surface area contributed by atoms with Crippen molar-refractivity contribution < 1.29 is 19.4 Å². The number of H-pyrrole nitrogens is 2. The Morgan fingerprint density at radius 3 is 2.76 bits per heavy atom. The number of ether oxygens (including phenoxy) is 2. The minimum absolute atomic E-state index is 0.0765. The number of aromatic amines is 2. The second-order valence-corrected chi connectivity index (χ2v) is 9.51. The monoisotopic (exact) mass is 465 g/mol. The normalized spacial score (nSPS) is 21.1. The van der Waals surface area contributed by atoms with Crippen molar-refractivity contribution in [1.29, 1.82) is 0 Å². The number of carbonyl (C=O) groups is 1. The molecule has 8 heteroatoms. The summed E-state index contributed by atoms with van der Waals surface area (Å²) in [5.74, 6) is 0.355. The third kappa shape index (κ3) is 4.48. The van der Waals surface area contributed by atoms with E-state index < -0.39 is 5.97 Å². The maximum atomic E-state index is 12.9. The lowest BCUT2D eigenvalue weighted by molar-refractivity contribution is -0.0232. The molecule has 1 aromatic carbocycles. The molecular formula is C26H31N3O5. The molecule has 34 heavy (non-hydrogen) atoms. The zero-order valence-electron chi connectivity index (χ0n) is 19.6. The predicted molar refractivity (Wildman–Crippen MR) is 128 cm³/mol. The number of methoxy groups -OCH3 is 1. The third-order valence-corrected chi connectivity index (χ3v) is 7.15. The van der Waals surface area contributed by atoms with Crippen LogP contribution in [0.4, 0.5) is 0 Å². The molecule has 0 spiro atoms. The van der Waals surface area contributed by atoms with Crippen molar-refractivity contribution in [1.82, 2.24) is 14.9 Å². The molecule has 2 atom stereocenters. The fourth-order valence-electron chi connectivity index (χ4n) is 5.06. The van der Waals surface area contributed by atoms with Gasteiger partial charge in [-0.1, -0.05) is 0 Å². The van der Waals surface area contributed by atoms with Crippen LogP contribution in [0, 0.1) is 12.8 Å². The first-order valence-corrected chi connectivity index (χ1v) is 11.9. The van der Waals surface area contributed by atoms with Gasteiger partial charge in [-0.3, -0.25) is 9.69 Å². The molecule has 0 radical (unpaired) electrons. The second-order valence-electron chi connectivity index (χ2n) is 9.51. The van der Waals surface area contributed by atoms with E-state index in [1.165, 1.54) is 18.9 Å². The number of nitrogens with zero attached hydrogens (tertiary/aromatic N) is 1. The summed E-state index contributed by atoms with van der Waals surface area (Å²) >= 11 is 0. The molecule has 8 nitrogen and oxygen atoms in total. The van der Waals surface area contributed by atoms with Crippen molar-refractivity contribution in [2.75, 3.05) is 20.3 Å². The Morgan fingerprint density at radius 1 is 1.24 bits per heavy atom. The lowest BCUT2D eigenvalue weighted by Crippen LogP contribution is -2.41. The number of aromatic carboxylic acids is 1. The molecule has 0 bridgehead atoms. The molecule has 2 aromatic heterocycles. The number of pyridine rings is 1. The van der Waals surface area contributed by atoms with Crippen molar-refractivity contribution in [3.63, 3.8) is 0 Å². The van der Waals surface area contributed by atoms with Gasteiger partial charge in [0.2, 0.25) is 0 Å². The van der Waals surface area contributed by atoms with Crippen LogP contribution in [-0.2, 0) is 11.3 Å². The SMILES string of the molecule is COc1cc(C)c2[nH]ccc2c1CN1CC[C@@H](OCC2CC2)C[C@@H]1c1ccc(C(=O)O)[nH]c1=O. The van der Waals surface area contributed by atoms with Gasteiger partial charge in [-0.05, 0) is 68.4 Å². The number of likely N-dealkylation sites (tertiary alicyclic amines) is 1. The Balaban J connectivity index is 1.48. The van der Waals surface area contributed by atoms with Crippen LogP contribution in [0.2, 0.25) is 0 Å². The number of benzene rings is 1. The van der Waals surface area contributed by atoms with Crippen LogP contribution in [0.3, 0.4) is 0 Å². The Bertz CT molecular complexity index is 1260. The molecule has 2 aliphatic rings. The molecule has 3 aromatic rings. The molecular weight excluding hydrogens is 434 g/mol. The fraction of sp³-hybridized carbons (Fsp3) is 0.462. The van der Waals surface area contributed by atoms with Gasteiger partial charge in [-0.2, -0.15) is 0 Å². The first-order valence-electron chi connectivity index (χ1n) is 11.9. The van der Waals surface area contributed by atoms with Gasteiger partial charge >= 0.3 is 5.97 Å². The van der Waals surface area contributed by atoms with Crippen molar-refractivity contribution in [3.8, 4) is 5.75 Å². The standard InChI is InChI=1S/C26H31N3O5/c1-15-11-23(33-2)20(18-7-9-27-24(15)18)13-29-10-8-17(34-14-16-3-4-16)12-22(29)19-5-6-21(26(31)32)28-25(19)30/h5-7,9,11,16-17,22,27H,3-4,8,10,12-14H2,1-2H3,(H,28,30)(H,31,32)/t17-,22-/m1/s1. The lowest BCUT2D eigenvalue weighted by atomic mass is 9.92. The van der Waals surface area contributed by atoms with Crippen LogP contribution in [-0.4, -0.2) is 52.3 Å². The molecule has 1 aliphatic heterocycles. The van der Waals surface area contributed by atoms with E-state index in [1.54, 1.807) is 13.2 Å². The molecule has 1 aliphatic carbocycles. The van der Waals surface area contributed by atoms with E-state index >= 15 is 0 Å². The minimum atomic E-state index is -1.14. The summed E-state index contributed by atoms with van der Waals surface area (Å²) in [6, 6.07) is 7.05. The average Bonchev–Trinajstić information content (AvgIpc) is 3.52. The summed E-state index contributed by atoms with van der Waals surface area (Å²) < 4.78 is 12.0. The molecule has 1 saturated heterocycles. The maximum Gasteiger partial charge on any atom is 0.352 e. The molecule has 3 heterocycles. The number of rotatable bonds is 8. The Labute approximate surface area is 197 Å². The van der Waals surface area contributed by atoms with Gasteiger partial charge in [0.05, 0.1) is 13.2 Å². The summed E-state index contributed by atoms with van der Waals surface area (Å²) in [6.07, 6.45) is 6.06. The largest absolute Gasteiger partial charge is 0.496 e. The van der Waals surface area contributed by atoms with Gasteiger partial charge in [-0.15, -0.1) is 0 Å². The zero-order chi connectivity index (χ0) is 23.8. The van der Waals surface area contributed by atoms with Crippen LogP contribution in [0.15, 0.2) is 35.3 Å². The number of hydrogen-bond donors (Lipinski definition) is 3. The second kappa shape index (κ2) is 9.27. The summed E-state index contributed by atoms with van der Waals surface area (Å²) in [4.78, 5) is 32.4. The first-order chi connectivity index (χ1) is 16.4. The number of aryl methyl sites for hydroxylation is 1. The number of hydrogen-bond acceptors (Lipinski definition) is 5. The van der Waals surface area contributed by atoms with Crippen LogP contribution >= 0.6 is 0 Å². The number of carboxylic acids is 1.